The van der Waals surface area contributed by atoms with Crippen LogP contribution in [0, 0.1) is 0 Å². The predicted molar refractivity (Wildman–Crippen MR) is 101 cm³/mol. The van der Waals surface area contributed by atoms with E-state index in [0.717, 1.165) is 4.90 Å². The molecule has 2 heterocycles. The van der Waals surface area contributed by atoms with Crippen LogP contribution in [-0.2, 0) is 0 Å². The molecule has 2 aromatic carbocycles. The van der Waals surface area contributed by atoms with Crippen LogP contribution in [0.25, 0.3) is 0 Å². The van der Waals surface area contributed by atoms with Crippen molar-refractivity contribution in [2.75, 3.05) is 11.2 Å². The molecule has 0 bridgehead atoms. The molecule has 0 spiro atoms. The molecule has 0 aliphatic carbocycles. The van der Waals surface area contributed by atoms with Gasteiger partial charge in [-0.2, -0.15) is 0 Å². The summed E-state index contributed by atoms with van der Waals surface area (Å²) in [5.74, 6) is -0.501. The maximum absolute atomic E-state index is 12.4. The summed E-state index contributed by atoms with van der Waals surface area (Å²) >= 11 is 1.34. The van der Waals surface area contributed by atoms with Crippen molar-refractivity contribution in [1.29, 1.82) is 0 Å². The van der Waals surface area contributed by atoms with E-state index in [-0.39, 0.29) is 29.4 Å². The lowest BCUT2D eigenvalue weighted by molar-refractivity contribution is 0.0683. The Morgan fingerprint density at radius 3 is 2.37 bits per heavy atom. The fraction of sp³-hybridized carbons (Fsp3) is 0.0500. The first kappa shape index (κ1) is 17.1. The van der Waals surface area contributed by atoms with Gasteiger partial charge in [0.05, 0.1) is 23.3 Å². The average molecular weight is 378 g/mol. The number of anilines is 1. The lowest BCUT2D eigenvalue weighted by Crippen LogP contribution is -2.29. The number of nitrogens with zero attached hydrogens (tertiary/aromatic N) is 1. The Bertz CT molecular complexity index is 995. The highest BCUT2D eigenvalue weighted by molar-refractivity contribution is 7.99. The molecule has 0 atom stereocenters. The molecule has 4 rings (SSSR count). The quantitative estimate of drug-likeness (QED) is 0.538. The van der Waals surface area contributed by atoms with E-state index in [1.807, 2.05) is 6.07 Å². The van der Waals surface area contributed by atoms with E-state index >= 15 is 0 Å². The minimum atomic E-state index is -0.345. The molecule has 27 heavy (non-hydrogen) atoms. The van der Waals surface area contributed by atoms with Gasteiger partial charge in [-0.1, -0.05) is 18.2 Å². The van der Waals surface area contributed by atoms with Gasteiger partial charge in [-0.3, -0.25) is 19.3 Å². The fourth-order valence-electron chi connectivity index (χ4n) is 2.76. The van der Waals surface area contributed by atoms with E-state index < -0.39 is 0 Å². The number of furan rings is 1. The van der Waals surface area contributed by atoms with Gasteiger partial charge in [0, 0.05) is 10.6 Å². The van der Waals surface area contributed by atoms with Crippen LogP contribution < -0.4 is 5.32 Å². The van der Waals surface area contributed by atoms with Crippen LogP contribution in [0.5, 0.6) is 0 Å². The van der Waals surface area contributed by atoms with Crippen LogP contribution >= 0.6 is 11.8 Å². The van der Waals surface area contributed by atoms with E-state index in [9.17, 15) is 14.4 Å². The normalized spacial score (nSPS) is 13.0. The van der Waals surface area contributed by atoms with E-state index in [0.29, 0.717) is 16.8 Å². The number of hydrogen-bond donors (Lipinski definition) is 1. The monoisotopic (exact) mass is 378 g/mol. The van der Waals surface area contributed by atoms with Gasteiger partial charge in [0.2, 0.25) is 0 Å². The van der Waals surface area contributed by atoms with E-state index in [1.165, 1.54) is 22.9 Å². The molecule has 1 aliphatic heterocycles. The summed E-state index contributed by atoms with van der Waals surface area (Å²) in [7, 11) is 0. The van der Waals surface area contributed by atoms with Gasteiger partial charge in [0.15, 0.2) is 5.76 Å². The Hall–Kier alpha value is -3.32. The minimum Gasteiger partial charge on any atom is -0.459 e. The van der Waals surface area contributed by atoms with Gasteiger partial charge in [-0.15, -0.1) is 11.8 Å². The first-order valence-electron chi connectivity index (χ1n) is 8.16. The SMILES string of the molecule is O=C(Nc1cccc(SCN2C(=O)c3ccccc3C2=O)c1)c1ccco1. The summed E-state index contributed by atoms with van der Waals surface area (Å²) in [6, 6.07) is 17.2. The Morgan fingerprint density at radius 1 is 0.963 bits per heavy atom. The summed E-state index contributed by atoms with van der Waals surface area (Å²) in [6.45, 7) is 0. The van der Waals surface area contributed by atoms with Gasteiger partial charge in [0.25, 0.3) is 17.7 Å². The molecular weight excluding hydrogens is 364 g/mol. The number of nitrogens with one attached hydrogen (secondary N) is 1. The van der Waals surface area contributed by atoms with Crippen LogP contribution in [0.15, 0.2) is 76.2 Å². The molecule has 0 fully saturated rings. The standard InChI is InChI=1S/C20H14N2O4S/c23-18(17-9-4-10-26-17)21-13-5-3-6-14(11-13)27-12-22-19(24)15-7-1-2-8-16(15)20(22)25/h1-11H,12H2,(H,21,23). The van der Waals surface area contributed by atoms with Crippen molar-refractivity contribution in [3.05, 3.63) is 83.8 Å². The third-order valence-electron chi connectivity index (χ3n) is 4.08. The molecule has 1 N–H and O–H groups in total. The van der Waals surface area contributed by atoms with Crippen molar-refractivity contribution in [2.24, 2.45) is 0 Å². The van der Waals surface area contributed by atoms with Crippen molar-refractivity contribution >= 4 is 35.2 Å². The maximum atomic E-state index is 12.4. The molecule has 7 heteroatoms. The second kappa shape index (κ2) is 7.13. The summed E-state index contributed by atoms with van der Waals surface area (Å²) in [4.78, 5) is 38.9. The first-order valence-corrected chi connectivity index (χ1v) is 9.15. The van der Waals surface area contributed by atoms with Gasteiger partial charge < -0.3 is 9.73 Å². The lowest BCUT2D eigenvalue weighted by atomic mass is 10.1. The summed E-state index contributed by atoms with van der Waals surface area (Å²) in [5.41, 5.74) is 1.47. The van der Waals surface area contributed by atoms with Crippen molar-refractivity contribution in [3.63, 3.8) is 0 Å². The van der Waals surface area contributed by atoms with Crippen LogP contribution in [0.4, 0.5) is 5.69 Å². The number of fused-ring (bicyclic) bond motifs is 1. The van der Waals surface area contributed by atoms with E-state index in [1.54, 1.807) is 54.6 Å². The molecule has 6 nitrogen and oxygen atoms in total. The van der Waals surface area contributed by atoms with Crippen molar-refractivity contribution in [2.45, 2.75) is 4.90 Å². The van der Waals surface area contributed by atoms with Gasteiger partial charge >= 0.3 is 0 Å². The summed E-state index contributed by atoms with van der Waals surface area (Å²) < 4.78 is 5.07. The van der Waals surface area contributed by atoms with E-state index in [4.69, 9.17) is 4.42 Å². The third kappa shape index (κ3) is 3.37. The Balaban J connectivity index is 1.43. The van der Waals surface area contributed by atoms with Crippen molar-refractivity contribution in [3.8, 4) is 0 Å². The first-order chi connectivity index (χ1) is 13.1. The van der Waals surface area contributed by atoms with Crippen molar-refractivity contribution < 1.29 is 18.8 Å². The maximum Gasteiger partial charge on any atom is 0.291 e. The fourth-order valence-corrected chi connectivity index (χ4v) is 3.66. The lowest BCUT2D eigenvalue weighted by Gasteiger charge is -2.13. The van der Waals surface area contributed by atoms with Gasteiger partial charge in [-0.25, -0.2) is 0 Å². The molecule has 0 saturated heterocycles. The van der Waals surface area contributed by atoms with Crippen LogP contribution in [-0.4, -0.2) is 28.5 Å². The number of amides is 3. The predicted octanol–water partition coefficient (Wildman–Crippen LogP) is 3.88. The zero-order chi connectivity index (χ0) is 18.8. The molecule has 3 aromatic rings. The number of imide groups is 1. The molecule has 0 radical (unpaired) electrons. The smallest absolute Gasteiger partial charge is 0.291 e. The molecule has 3 amide bonds. The van der Waals surface area contributed by atoms with E-state index in [2.05, 4.69) is 5.32 Å². The van der Waals surface area contributed by atoms with Crippen molar-refractivity contribution in [1.82, 2.24) is 4.90 Å². The molecule has 1 aliphatic rings. The van der Waals surface area contributed by atoms with Crippen LogP contribution in [0.2, 0.25) is 0 Å². The summed E-state index contributed by atoms with van der Waals surface area (Å²) in [6.07, 6.45) is 1.43. The molecular formula is C20H14N2O4S. The number of thioether (sulfide) groups is 1. The highest BCUT2D eigenvalue weighted by Crippen LogP contribution is 2.28. The third-order valence-corrected chi connectivity index (χ3v) is 5.05. The van der Waals surface area contributed by atoms with Gasteiger partial charge in [0.1, 0.15) is 0 Å². The van der Waals surface area contributed by atoms with Crippen LogP contribution in [0.3, 0.4) is 0 Å². The Morgan fingerprint density at radius 2 is 1.70 bits per heavy atom. The topological polar surface area (TPSA) is 79.6 Å². The molecule has 1 aromatic heterocycles. The second-order valence-corrected chi connectivity index (χ2v) is 6.83. The molecule has 0 unspecified atom stereocenters. The minimum absolute atomic E-state index is 0.196. The number of carbonyl (C=O) groups is 3. The molecule has 134 valence electrons. The number of hydrogen-bond acceptors (Lipinski definition) is 5. The second-order valence-electron chi connectivity index (χ2n) is 5.82. The number of rotatable bonds is 5. The Labute approximate surface area is 159 Å². The highest BCUT2D eigenvalue weighted by Gasteiger charge is 2.34. The number of benzene rings is 2. The van der Waals surface area contributed by atoms with Crippen LogP contribution in [0.1, 0.15) is 31.3 Å². The highest BCUT2D eigenvalue weighted by atomic mass is 32.2. The van der Waals surface area contributed by atoms with Gasteiger partial charge in [-0.05, 0) is 42.5 Å². The molecule has 0 saturated carbocycles. The Kier molecular flexibility index (Phi) is 4.52. The summed E-state index contributed by atoms with van der Waals surface area (Å²) in [5, 5.41) is 2.75. The largest absolute Gasteiger partial charge is 0.459 e. The average Bonchev–Trinajstić information content (AvgIpc) is 3.30. The zero-order valence-electron chi connectivity index (χ0n) is 14.0. The zero-order valence-corrected chi connectivity index (χ0v) is 14.9. The number of carbonyl (C=O) groups excluding carboxylic acids is 3.